The first-order valence-electron chi connectivity index (χ1n) is 10.3. The fourth-order valence-corrected chi connectivity index (χ4v) is 3.71. The van der Waals surface area contributed by atoms with Gasteiger partial charge in [-0.2, -0.15) is 0 Å². The highest BCUT2D eigenvalue weighted by Gasteiger charge is 2.31. The van der Waals surface area contributed by atoms with Gasteiger partial charge in [0.1, 0.15) is 0 Å². The van der Waals surface area contributed by atoms with Crippen molar-refractivity contribution >= 4 is 11.8 Å². The van der Waals surface area contributed by atoms with Gasteiger partial charge in [0, 0.05) is 20.6 Å². The number of carbonyl (C=O) groups excluding carboxylic acids is 2. The molecule has 5 heteroatoms. The van der Waals surface area contributed by atoms with Crippen LogP contribution >= 0.6 is 0 Å². The predicted molar refractivity (Wildman–Crippen MR) is 114 cm³/mol. The van der Waals surface area contributed by atoms with Gasteiger partial charge in [-0.1, -0.05) is 71.4 Å². The van der Waals surface area contributed by atoms with Crippen molar-refractivity contribution < 1.29 is 14.3 Å². The van der Waals surface area contributed by atoms with E-state index in [0.717, 1.165) is 18.4 Å². The Kier molecular flexibility index (Phi) is 9.66. The molecule has 0 bridgehead atoms. The number of hydrogen-bond donors (Lipinski definition) is 1. The van der Waals surface area contributed by atoms with Crippen molar-refractivity contribution in [2.24, 2.45) is 5.92 Å². The molecule has 1 N–H and O–H groups in total. The Morgan fingerprint density at radius 1 is 1.14 bits per heavy atom. The van der Waals surface area contributed by atoms with Crippen molar-refractivity contribution in [3.63, 3.8) is 0 Å². The minimum atomic E-state index is -0.289. The van der Waals surface area contributed by atoms with E-state index < -0.39 is 0 Å². The number of amides is 2. The summed E-state index contributed by atoms with van der Waals surface area (Å²) < 4.78 is 5.62. The Balaban J connectivity index is 2.69. The monoisotopic (exact) mass is 390 g/mol. The molecule has 1 rings (SSSR count). The molecule has 0 aliphatic rings. The molecular weight excluding hydrogens is 352 g/mol. The van der Waals surface area contributed by atoms with E-state index in [9.17, 15) is 9.59 Å². The molecule has 0 radical (unpaired) electrons. The molecule has 2 amide bonds. The Hall–Kier alpha value is -1.88. The summed E-state index contributed by atoms with van der Waals surface area (Å²) in [5, 5.41) is 2.81. The number of methoxy groups -OCH3 is 1. The second kappa shape index (κ2) is 11.2. The van der Waals surface area contributed by atoms with E-state index in [1.54, 1.807) is 19.1 Å². The summed E-state index contributed by atoms with van der Waals surface area (Å²) in [5.74, 6) is 0.104. The van der Waals surface area contributed by atoms with Crippen molar-refractivity contribution in [1.82, 2.24) is 10.2 Å². The number of nitrogens with one attached hydrogen (secondary N) is 1. The summed E-state index contributed by atoms with van der Waals surface area (Å²) in [4.78, 5) is 26.9. The van der Waals surface area contributed by atoms with Crippen LogP contribution in [0.1, 0.15) is 59.4 Å². The van der Waals surface area contributed by atoms with E-state index in [0.29, 0.717) is 12.3 Å². The summed E-state index contributed by atoms with van der Waals surface area (Å²) in [6.45, 7) is 10.4. The number of rotatable bonds is 11. The van der Waals surface area contributed by atoms with Gasteiger partial charge >= 0.3 is 0 Å². The molecule has 0 saturated heterocycles. The average molecular weight is 391 g/mol. The standard InChI is InChI=1S/C23H38N2O3/c1-8-17(3)22(19(9-2)28-7)25(6)21(27)16-24-20(26)15-23(4,5)18-13-11-10-12-14-18/h10-14,17,19,22H,8-9,15-16H2,1-7H3,(H,24,26). The van der Waals surface area contributed by atoms with Crippen molar-refractivity contribution in [2.75, 3.05) is 20.7 Å². The quantitative estimate of drug-likeness (QED) is 0.626. The van der Waals surface area contributed by atoms with Gasteiger partial charge in [0.25, 0.3) is 0 Å². The lowest BCUT2D eigenvalue weighted by Gasteiger charge is -2.37. The van der Waals surface area contributed by atoms with Crippen LogP contribution in [0.5, 0.6) is 0 Å². The maximum absolute atomic E-state index is 12.7. The first-order chi connectivity index (χ1) is 13.2. The number of nitrogens with zero attached hydrogens (tertiary/aromatic N) is 1. The van der Waals surface area contributed by atoms with Crippen LogP contribution in [0.15, 0.2) is 30.3 Å². The molecule has 0 fully saturated rings. The molecule has 0 aliphatic carbocycles. The smallest absolute Gasteiger partial charge is 0.242 e. The second-order valence-electron chi connectivity index (χ2n) is 8.27. The van der Waals surface area contributed by atoms with Gasteiger partial charge in [0.05, 0.1) is 18.7 Å². The van der Waals surface area contributed by atoms with E-state index in [4.69, 9.17) is 4.74 Å². The Morgan fingerprint density at radius 3 is 2.25 bits per heavy atom. The minimum Gasteiger partial charge on any atom is -0.379 e. The number of ether oxygens (including phenoxy) is 1. The molecule has 0 heterocycles. The summed E-state index contributed by atoms with van der Waals surface area (Å²) in [7, 11) is 3.50. The maximum atomic E-state index is 12.7. The van der Waals surface area contributed by atoms with Crippen molar-refractivity contribution in [3.05, 3.63) is 35.9 Å². The van der Waals surface area contributed by atoms with Gasteiger partial charge in [0.2, 0.25) is 11.8 Å². The van der Waals surface area contributed by atoms with Gasteiger partial charge < -0.3 is 15.0 Å². The molecule has 3 atom stereocenters. The zero-order valence-corrected chi connectivity index (χ0v) is 18.6. The van der Waals surface area contributed by atoms with Gasteiger partial charge in [-0.15, -0.1) is 0 Å². The lowest BCUT2D eigenvalue weighted by atomic mass is 9.81. The summed E-state index contributed by atoms with van der Waals surface area (Å²) in [6.07, 6.45) is 2.11. The Labute approximate surface area is 170 Å². The molecule has 0 aliphatic heterocycles. The van der Waals surface area contributed by atoms with Crippen LogP contribution in [-0.2, 0) is 19.7 Å². The molecule has 0 aromatic heterocycles. The van der Waals surface area contributed by atoms with Gasteiger partial charge in [-0.3, -0.25) is 9.59 Å². The summed E-state index contributed by atoms with van der Waals surface area (Å²) in [6, 6.07) is 9.96. The Morgan fingerprint density at radius 2 is 1.75 bits per heavy atom. The summed E-state index contributed by atoms with van der Waals surface area (Å²) in [5.41, 5.74) is 0.819. The van der Waals surface area contributed by atoms with Gasteiger partial charge in [0.15, 0.2) is 0 Å². The van der Waals surface area contributed by atoms with Crippen LogP contribution in [0.4, 0.5) is 0 Å². The number of hydrogen-bond acceptors (Lipinski definition) is 3. The van der Waals surface area contributed by atoms with Crippen LogP contribution in [0.3, 0.4) is 0 Å². The zero-order chi connectivity index (χ0) is 21.3. The SMILES string of the molecule is CCC(C)C(C(CC)OC)N(C)C(=O)CNC(=O)CC(C)(C)c1ccccc1. The molecular formula is C23H38N2O3. The molecule has 1 aromatic rings. The highest BCUT2D eigenvalue weighted by atomic mass is 16.5. The number of likely N-dealkylation sites (N-methyl/N-ethyl adjacent to an activating group) is 1. The molecule has 28 heavy (non-hydrogen) atoms. The van der Waals surface area contributed by atoms with Crippen LogP contribution in [-0.4, -0.2) is 49.6 Å². The Bertz CT molecular complexity index is 612. The predicted octanol–water partition coefficient (Wildman–Crippen LogP) is 3.77. The van der Waals surface area contributed by atoms with E-state index in [1.807, 2.05) is 44.2 Å². The molecule has 5 nitrogen and oxygen atoms in total. The maximum Gasteiger partial charge on any atom is 0.242 e. The molecule has 0 spiro atoms. The third-order valence-electron chi connectivity index (χ3n) is 5.75. The van der Waals surface area contributed by atoms with Crippen molar-refractivity contribution in [3.8, 4) is 0 Å². The van der Waals surface area contributed by atoms with Gasteiger partial charge in [-0.05, 0) is 23.3 Å². The van der Waals surface area contributed by atoms with E-state index >= 15 is 0 Å². The van der Waals surface area contributed by atoms with Gasteiger partial charge in [-0.25, -0.2) is 0 Å². The lowest BCUT2D eigenvalue weighted by molar-refractivity contribution is -0.137. The van der Waals surface area contributed by atoms with E-state index in [-0.39, 0.29) is 35.9 Å². The van der Waals surface area contributed by atoms with Crippen LogP contribution in [0.2, 0.25) is 0 Å². The first-order valence-corrected chi connectivity index (χ1v) is 10.3. The molecule has 3 unspecified atom stereocenters. The topological polar surface area (TPSA) is 58.6 Å². The first kappa shape index (κ1) is 24.2. The molecule has 158 valence electrons. The highest BCUT2D eigenvalue weighted by Crippen LogP contribution is 2.26. The summed E-state index contributed by atoms with van der Waals surface area (Å²) >= 11 is 0. The fourth-order valence-electron chi connectivity index (χ4n) is 3.71. The van der Waals surface area contributed by atoms with Crippen molar-refractivity contribution in [1.29, 1.82) is 0 Å². The third kappa shape index (κ3) is 6.62. The van der Waals surface area contributed by atoms with Crippen LogP contribution in [0, 0.1) is 5.92 Å². The van der Waals surface area contributed by atoms with Crippen molar-refractivity contribution in [2.45, 2.75) is 71.4 Å². The fraction of sp³-hybridized carbons (Fsp3) is 0.652. The third-order valence-corrected chi connectivity index (χ3v) is 5.75. The zero-order valence-electron chi connectivity index (χ0n) is 18.6. The second-order valence-corrected chi connectivity index (χ2v) is 8.27. The van der Waals surface area contributed by atoms with Crippen LogP contribution in [0.25, 0.3) is 0 Å². The normalized spacial score (nSPS) is 14.8. The van der Waals surface area contributed by atoms with E-state index in [2.05, 4.69) is 26.1 Å². The largest absolute Gasteiger partial charge is 0.379 e. The lowest BCUT2D eigenvalue weighted by Crippen LogP contribution is -2.51. The number of benzene rings is 1. The highest BCUT2D eigenvalue weighted by molar-refractivity contribution is 5.85. The molecule has 1 aromatic carbocycles. The molecule has 0 saturated carbocycles. The minimum absolute atomic E-state index is 0.00723. The van der Waals surface area contributed by atoms with E-state index in [1.165, 1.54) is 0 Å². The number of carbonyl (C=O) groups is 2. The van der Waals surface area contributed by atoms with Crippen LogP contribution < -0.4 is 5.32 Å². The average Bonchev–Trinajstić information content (AvgIpc) is 2.69.